The van der Waals surface area contributed by atoms with Crippen LogP contribution in [0.4, 0.5) is 0 Å². The molecule has 0 N–H and O–H groups in total. The van der Waals surface area contributed by atoms with Crippen LogP contribution < -0.4 is 0 Å². The fourth-order valence-corrected chi connectivity index (χ4v) is 3.85. The Labute approximate surface area is 121 Å². The summed E-state index contributed by atoms with van der Waals surface area (Å²) in [7, 11) is 0. The molecular weight excluding hydrogens is 248 g/mol. The first-order valence-corrected chi connectivity index (χ1v) is 8.00. The van der Waals surface area contributed by atoms with E-state index in [1.54, 1.807) is 0 Å². The summed E-state index contributed by atoms with van der Waals surface area (Å²) in [6.07, 6.45) is 9.14. The third-order valence-corrected chi connectivity index (χ3v) is 4.93. The highest BCUT2D eigenvalue weighted by atomic mass is 16.5. The Hall–Kier alpha value is -1.15. The van der Waals surface area contributed by atoms with Gasteiger partial charge in [-0.1, -0.05) is 49.6 Å². The van der Waals surface area contributed by atoms with Gasteiger partial charge in [-0.15, -0.1) is 0 Å². The highest BCUT2D eigenvalue weighted by Crippen LogP contribution is 2.41. The Balaban J connectivity index is 1.61. The van der Waals surface area contributed by atoms with Crippen molar-refractivity contribution < 1.29 is 9.53 Å². The molecule has 1 aliphatic carbocycles. The minimum absolute atomic E-state index is 0.109. The summed E-state index contributed by atoms with van der Waals surface area (Å²) in [5.74, 6) is 0.804. The lowest BCUT2D eigenvalue weighted by molar-refractivity contribution is -0.116. The van der Waals surface area contributed by atoms with Crippen LogP contribution in [0.15, 0.2) is 30.3 Å². The molecule has 20 heavy (non-hydrogen) atoms. The molecule has 108 valence electrons. The maximum atomic E-state index is 12.3. The minimum Gasteiger partial charge on any atom is -0.375 e. The van der Waals surface area contributed by atoms with Crippen molar-refractivity contribution in [2.24, 2.45) is 5.92 Å². The lowest BCUT2D eigenvalue weighted by atomic mass is 9.74. The number of rotatable bonds is 3. The maximum Gasteiger partial charge on any atom is 0.163 e. The topological polar surface area (TPSA) is 26.3 Å². The van der Waals surface area contributed by atoms with E-state index < -0.39 is 0 Å². The molecule has 0 radical (unpaired) electrons. The molecule has 2 nitrogen and oxygen atoms in total. The summed E-state index contributed by atoms with van der Waals surface area (Å²) in [5, 5.41) is 0. The number of benzene rings is 1. The molecule has 2 fully saturated rings. The predicted octanol–water partition coefficient (Wildman–Crippen LogP) is 4.39. The van der Waals surface area contributed by atoms with Gasteiger partial charge in [0.1, 0.15) is 0 Å². The molecule has 0 amide bonds. The number of hydrogen-bond acceptors (Lipinski definition) is 2. The molecule has 1 saturated heterocycles. The third kappa shape index (κ3) is 3.12. The number of carbonyl (C=O) groups excluding carboxylic acids is 1. The molecule has 0 aromatic heterocycles. The molecular formula is C18H24O2. The van der Waals surface area contributed by atoms with Crippen molar-refractivity contribution in [2.45, 2.75) is 57.0 Å². The standard InChI is InChI=1S/C18H24O2/c19-17(16-7-3-1-4-8-16)13-15-9-12-20-18(14-15)10-5-2-6-11-18/h1,3-4,7-8,15H,2,5-6,9-14H2. The first-order valence-electron chi connectivity index (χ1n) is 8.00. The van der Waals surface area contributed by atoms with Gasteiger partial charge in [-0.3, -0.25) is 4.79 Å². The van der Waals surface area contributed by atoms with Gasteiger partial charge in [-0.2, -0.15) is 0 Å². The van der Waals surface area contributed by atoms with Gasteiger partial charge in [0.25, 0.3) is 0 Å². The van der Waals surface area contributed by atoms with Gasteiger partial charge in [0.05, 0.1) is 5.60 Å². The van der Waals surface area contributed by atoms with E-state index in [-0.39, 0.29) is 5.60 Å². The predicted molar refractivity (Wildman–Crippen MR) is 79.9 cm³/mol. The number of Topliss-reactive ketones (excluding diaryl/α,β-unsaturated/α-hetero) is 1. The summed E-state index contributed by atoms with van der Waals surface area (Å²) in [4.78, 5) is 12.3. The van der Waals surface area contributed by atoms with E-state index in [0.29, 0.717) is 18.1 Å². The van der Waals surface area contributed by atoms with Crippen LogP contribution in [0.3, 0.4) is 0 Å². The largest absolute Gasteiger partial charge is 0.375 e. The number of ketones is 1. The highest BCUT2D eigenvalue weighted by molar-refractivity contribution is 5.96. The lowest BCUT2D eigenvalue weighted by Gasteiger charge is -2.43. The van der Waals surface area contributed by atoms with Crippen molar-refractivity contribution in [3.63, 3.8) is 0 Å². The van der Waals surface area contributed by atoms with E-state index in [0.717, 1.165) is 25.0 Å². The smallest absolute Gasteiger partial charge is 0.163 e. The van der Waals surface area contributed by atoms with Crippen molar-refractivity contribution in [1.82, 2.24) is 0 Å². The zero-order valence-corrected chi connectivity index (χ0v) is 12.1. The van der Waals surface area contributed by atoms with Crippen LogP contribution in [0.1, 0.15) is 61.7 Å². The second-order valence-electron chi connectivity index (χ2n) is 6.44. The Morgan fingerprint density at radius 2 is 1.90 bits per heavy atom. The number of ether oxygens (including phenoxy) is 1. The van der Waals surface area contributed by atoms with Crippen molar-refractivity contribution in [3.05, 3.63) is 35.9 Å². The molecule has 1 unspecified atom stereocenters. The summed E-state index contributed by atoms with van der Waals surface area (Å²) >= 11 is 0. The van der Waals surface area contributed by atoms with Crippen molar-refractivity contribution >= 4 is 5.78 Å². The SMILES string of the molecule is O=C(CC1CCOC2(CCCCC2)C1)c1ccccc1. The Morgan fingerprint density at radius 3 is 2.65 bits per heavy atom. The molecule has 1 aromatic carbocycles. The molecule has 1 aromatic rings. The van der Waals surface area contributed by atoms with Gasteiger partial charge in [-0.25, -0.2) is 0 Å². The van der Waals surface area contributed by atoms with Crippen molar-refractivity contribution in [1.29, 1.82) is 0 Å². The molecule has 1 heterocycles. The van der Waals surface area contributed by atoms with Crippen molar-refractivity contribution in [3.8, 4) is 0 Å². The molecule has 1 saturated carbocycles. The van der Waals surface area contributed by atoms with Crippen LogP contribution >= 0.6 is 0 Å². The van der Waals surface area contributed by atoms with E-state index >= 15 is 0 Å². The van der Waals surface area contributed by atoms with Crippen LogP contribution in [-0.4, -0.2) is 18.0 Å². The maximum absolute atomic E-state index is 12.3. The molecule has 2 heteroatoms. The van der Waals surface area contributed by atoms with E-state index in [1.807, 2.05) is 30.3 Å². The van der Waals surface area contributed by atoms with E-state index in [2.05, 4.69) is 0 Å². The average molecular weight is 272 g/mol. The lowest BCUT2D eigenvalue weighted by Crippen LogP contribution is -2.41. The minimum atomic E-state index is 0.109. The normalized spacial score (nSPS) is 25.5. The second-order valence-corrected chi connectivity index (χ2v) is 6.44. The summed E-state index contributed by atoms with van der Waals surface area (Å²) in [6, 6.07) is 9.71. The Morgan fingerprint density at radius 1 is 1.15 bits per heavy atom. The second kappa shape index (κ2) is 6.09. The van der Waals surface area contributed by atoms with E-state index in [1.165, 1.54) is 32.1 Å². The van der Waals surface area contributed by atoms with E-state index in [4.69, 9.17) is 4.74 Å². The monoisotopic (exact) mass is 272 g/mol. The summed E-state index contributed by atoms with van der Waals surface area (Å²) < 4.78 is 6.11. The summed E-state index contributed by atoms with van der Waals surface area (Å²) in [5.41, 5.74) is 0.967. The number of carbonyl (C=O) groups is 1. The van der Waals surface area contributed by atoms with Gasteiger partial charge >= 0.3 is 0 Å². The molecule has 1 atom stereocenters. The van der Waals surface area contributed by atoms with Gasteiger partial charge in [0, 0.05) is 18.6 Å². The van der Waals surface area contributed by atoms with Crippen LogP contribution in [-0.2, 0) is 4.74 Å². The highest BCUT2D eigenvalue weighted by Gasteiger charge is 2.38. The molecule has 1 aliphatic heterocycles. The van der Waals surface area contributed by atoms with E-state index in [9.17, 15) is 4.79 Å². The molecule has 1 spiro atoms. The number of hydrogen-bond donors (Lipinski definition) is 0. The Bertz CT molecular complexity index is 440. The zero-order chi connectivity index (χ0) is 13.8. The fourth-order valence-electron chi connectivity index (χ4n) is 3.85. The van der Waals surface area contributed by atoms with Gasteiger partial charge < -0.3 is 4.74 Å². The molecule has 3 rings (SSSR count). The van der Waals surface area contributed by atoms with Gasteiger partial charge in [0.15, 0.2) is 5.78 Å². The van der Waals surface area contributed by atoms with Crippen LogP contribution in [0.5, 0.6) is 0 Å². The first kappa shape index (κ1) is 13.8. The molecule has 0 bridgehead atoms. The summed E-state index contributed by atoms with van der Waals surface area (Å²) in [6.45, 7) is 0.840. The zero-order valence-electron chi connectivity index (χ0n) is 12.1. The van der Waals surface area contributed by atoms with Gasteiger partial charge in [0.2, 0.25) is 0 Å². The average Bonchev–Trinajstić information content (AvgIpc) is 2.49. The van der Waals surface area contributed by atoms with Gasteiger partial charge in [-0.05, 0) is 31.6 Å². The van der Waals surface area contributed by atoms with Crippen LogP contribution in [0, 0.1) is 5.92 Å². The fraction of sp³-hybridized carbons (Fsp3) is 0.611. The van der Waals surface area contributed by atoms with Crippen LogP contribution in [0.2, 0.25) is 0 Å². The molecule has 2 aliphatic rings. The quantitative estimate of drug-likeness (QED) is 0.763. The first-order chi connectivity index (χ1) is 9.77. The third-order valence-electron chi connectivity index (χ3n) is 4.93. The Kier molecular flexibility index (Phi) is 4.21. The van der Waals surface area contributed by atoms with Crippen LogP contribution in [0.25, 0.3) is 0 Å². The van der Waals surface area contributed by atoms with Crippen molar-refractivity contribution in [2.75, 3.05) is 6.61 Å².